The van der Waals surface area contributed by atoms with E-state index < -0.39 is 0 Å². The van der Waals surface area contributed by atoms with Gasteiger partial charge < -0.3 is 9.84 Å². The summed E-state index contributed by atoms with van der Waals surface area (Å²) in [6.45, 7) is 4.53. The van der Waals surface area contributed by atoms with Gasteiger partial charge in [0.15, 0.2) is 5.82 Å². The standard InChI is InChI=1S/C13H21N3O/c1-13(2)7-9(13)11-15-12(17-16-11)8-5-4-6-10(8)14-3/h8-10,14H,4-7H2,1-3H3. The summed E-state index contributed by atoms with van der Waals surface area (Å²) in [5, 5.41) is 7.53. The fourth-order valence-electron chi connectivity index (χ4n) is 3.05. The van der Waals surface area contributed by atoms with Crippen molar-refractivity contribution in [3.05, 3.63) is 11.7 Å². The molecular formula is C13H21N3O. The molecule has 2 aliphatic rings. The zero-order chi connectivity index (χ0) is 12.0. The molecule has 17 heavy (non-hydrogen) atoms. The largest absolute Gasteiger partial charge is 0.339 e. The molecule has 2 saturated carbocycles. The normalized spacial score (nSPS) is 35.1. The summed E-state index contributed by atoms with van der Waals surface area (Å²) in [7, 11) is 2.02. The van der Waals surface area contributed by atoms with E-state index in [0.29, 0.717) is 23.3 Å². The van der Waals surface area contributed by atoms with Crippen molar-refractivity contribution in [3.8, 4) is 0 Å². The zero-order valence-corrected chi connectivity index (χ0v) is 10.9. The number of nitrogens with one attached hydrogen (secondary N) is 1. The van der Waals surface area contributed by atoms with E-state index in [1.54, 1.807) is 0 Å². The molecule has 1 aromatic rings. The van der Waals surface area contributed by atoms with E-state index in [1.165, 1.54) is 25.7 Å². The lowest BCUT2D eigenvalue weighted by Crippen LogP contribution is -2.27. The van der Waals surface area contributed by atoms with Crippen molar-refractivity contribution in [2.24, 2.45) is 5.41 Å². The lowest BCUT2D eigenvalue weighted by atomic mass is 10.0. The summed E-state index contributed by atoms with van der Waals surface area (Å²) in [6, 6.07) is 0.510. The van der Waals surface area contributed by atoms with E-state index in [4.69, 9.17) is 4.52 Å². The van der Waals surface area contributed by atoms with Gasteiger partial charge >= 0.3 is 0 Å². The molecule has 1 N–H and O–H groups in total. The molecule has 3 unspecified atom stereocenters. The SMILES string of the molecule is CNC1CCCC1c1nc(C2CC2(C)C)no1. The van der Waals surface area contributed by atoms with Gasteiger partial charge in [-0.1, -0.05) is 25.4 Å². The molecule has 3 atom stereocenters. The van der Waals surface area contributed by atoms with Gasteiger partial charge in [-0.3, -0.25) is 0 Å². The average molecular weight is 235 g/mol. The van der Waals surface area contributed by atoms with Gasteiger partial charge in [-0.25, -0.2) is 0 Å². The number of likely N-dealkylation sites (N-methyl/N-ethyl adjacent to an activating group) is 1. The van der Waals surface area contributed by atoms with Crippen LogP contribution in [0, 0.1) is 5.41 Å². The first-order valence-corrected chi connectivity index (χ1v) is 6.62. The van der Waals surface area contributed by atoms with E-state index in [-0.39, 0.29) is 0 Å². The molecule has 4 heteroatoms. The second kappa shape index (κ2) is 3.80. The van der Waals surface area contributed by atoms with Crippen LogP contribution in [0.2, 0.25) is 0 Å². The van der Waals surface area contributed by atoms with Gasteiger partial charge in [-0.2, -0.15) is 4.98 Å². The fourth-order valence-corrected chi connectivity index (χ4v) is 3.05. The van der Waals surface area contributed by atoms with Crippen molar-refractivity contribution >= 4 is 0 Å². The van der Waals surface area contributed by atoms with E-state index in [0.717, 1.165) is 11.7 Å². The van der Waals surface area contributed by atoms with Crippen LogP contribution in [0.15, 0.2) is 4.52 Å². The van der Waals surface area contributed by atoms with Crippen LogP contribution in [0.25, 0.3) is 0 Å². The van der Waals surface area contributed by atoms with Crippen molar-refractivity contribution in [2.45, 2.75) is 57.4 Å². The molecular weight excluding hydrogens is 214 g/mol. The minimum atomic E-state index is 0.374. The quantitative estimate of drug-likeness (QED) is 0.874. The topological polar surface area (TPSA) is 51.0 Å². The summed E-state index contributed by atoms with van der Waals surface area (Å²) in [4.78, 5) is 4.63. The van der Waals surface area contributed by atoms with Gasteiger partial charge in [0.2, 0.25) is 5.89 Å². The predicted octanol–water partition coefficient (Wildman–Crippen LogP) is 2.44. The molecule has 0 saturated heterocycles. The molecule has 0 aliphatic heterocycles. The summed E-state index contributed by atoms with van der Waals surface area (Å²) in [5.74, 6) is 2.70. The Balaban J connectivity index is 1.76. The van der Waals surface area contributed by atoms with Crippen LogP contribution in [0.3, 0.4) is 0 Å². The Morgan fingerprint density at radius 1 is 1.35 bits per heavy atom. The van der Waals surface area contributed by atoms with Crippen LogP contribution in [-0.4, -0.2) is 23.2 Å². The van der Waals surface area contributed by atoms with Gasteiger partial charge in [-0.15, -0.1) is 0 Å². The maximum Gasteiger partial charge on any atom is 0.231 e. The molecule has 94 valence electrons. The van der Waals surface area contributed by atoms with Crippen LogP contribution in [0.5, 0.6) is 0 Å². The maximum atomic E-state index is 5.47. The lowest BCUT2D eigenvalue weighted by Gasteiger charge is -2.14. The fraction of sp³-hybridized carbons (Fsp3) is 0.846. The third-order valence-corrected chi connectivity index (χ3v) is 4.49. The number of rotatable bonds is 3. The van der Waals surface area contributed by atoms with Crippen molar-refractivity contribution in [1.82, 2.24) is 15.5 Å². The van der Waals surface area contributed by atoms with Gasteiger partial charge in [0.1, 0.15) is 0 Å². The first kappa shape index (κ1) is 11.2. The Morgan fingerprint density at radius 3 is 2.76 bits per heavy atom. The first-order valence-electron chi connectivity index (χ1n) is 6.62. The third-order valence-electron chi connectivity index (χ3n) is 4.49. The predicted molar refractivity (Wildman–Crippen MR) is 64.9 cm³/mol. The minimum absolute atomic E-state index is 0.374. The van der Waals surface area contributed by atoms with E-state index in [2.05, 4.69) is 29.3 Å². The summed E-state index contributed by atoms with van der Waals surface area (Å²) in [5.41, 5.74) is 0.374. The highest BCUT2D eigenvalue weighted by atomic mass is 16.5. The molecule has 2 fully saturated rings. The third kappa shape index (κ3) is 1.88. The second-order valence-electron chi connectivity index (χ2n) is 6.17. The smallest absolute Gasteiger partial charge is 0.231 e. The van der Waals surface area contributed by atoms with Crippen LogP contribution in [0.4, 0.5) is 0 Å². The Bertz CT molecular complexity index is 413. The molecule has 2 aliphatic carbocycles. The van der Waals surface area contributed by atoms with Crippen molar-refractivity contribution < 1.29 is 4.52 Å². The number of hydrogen-bond acceptors (Lipinski definition) is 4. The molecule has 1 aromatic heterocycles. The van der Waals surface area contributed by atoms with E-state index >= 15 is 0 Å². The molecule has 0 aromatic carbocycles. The Labute approximate surface area is 102 Å². The highest BCUT2D eigenvalue weighted by molar-refractivity contribution is 5.15. The van der Waals surface area contributed by atoms with Crippen LogP contribution in [-0.2, 0) is 0 Å². The number of hydrogen-bond donors (Lipinski definition) is 1. The summed E-state index contributed by atoms with van der Waals surface area (Å²) < 4.78 is 5.47. The van der Waals surface area contributed by atoms with Crippen molar-refractivity contribution in [2.75, 3.05) is 7.05 Å². The maximum absolute atomic E-state index is 5.47. The van der Waals surface area contributed by atoms with Crippen LogP contribution >= 0.6 is 0 Å². The molecule has 0 radical (unpaired) electrons. The molecule has 1 heterocycles. The molecule has 3 rings (SSSR count). The van der Waals surface area contributed by atoms with Gasteiger partial charge in [0.25, 0.3) is 0 Å². The zero-order valence-electron chi connectivity index (χ0n) is 10.9. The van der Waals surface area contributed by atoms with Crippen molar-refractivity contribution in [1.29, 1.82) is 0 Å². The summed E-state index contributed by atoms with van der Waals surface area (Å²) >= 11 is 0. The van der Waals surface area contributed by atoms with Gasteiger partial charge in [0.05, 0.1) is 5.92 Å². The van der Waals surface area contributed by atoms with Gasteiger partial charge in [-0.05, 0) is 31.7 Å². The number of aromatic nitrogens is 2. The Kier molecular flexibility index (Phi) is 2.51. The van der Waals surface area contributed by atoms with E-state index in [9.17, 15) is 0 Å². The van der Waals surface area contributed by atoms with Crippen LogP contribution in [0.1, 0.15) is 63.1 Å². The summed E-state index contributed by atoms with van der Waals surface area (Å²) in [6.07, 6.45) is 4.82. The highest BCUT2D eigenvalue weighted by Crippen LogP contribution is 2.57. The molecule has 4 nitrogen and oxygen atoms in total. The average Bonchev–Trinajstić information content (AvgIpc) is 2.80. The van der Waals surface area contributed by atoms with E-state index in [1.807, 2.05) is 7.05 Å². The minimum Gasteiger partial charge on any atom is -0.339 e. The molecule has 0 amide bonds. The monoisotopic (exact) mass is 235 g/mol. The second-order valence-corrected chi connectivity index (χ2v) is 6.17. The Hall–Kier alpha value is -0.900. The number of nitrogens with zero attached hydrogens (tertiary/aromatic N) is 2. The van der Waals surface area contributed by atoms with Crippen LogP contribution < -0.4 is 5.32 Å². The Morgan fingerprint density at radius 2 is 2.12 bits per heavy atom. The first-order chi connectivity index (χ1) is 8.12. The molecule has 0 spiro atoms. The van der Waals surface area contributed by atoms with Gasteiger partial charge in [0, 0.05) is 12.0 Å². The van der Waals surface area contributed by atoms with Crippen molar-refractivity contribution in [3.63, 3.8) is 0 Å². The highest BCUT2D eigenvalue weighted by Gasteiger charge is 2.49. The molecule has 0 bridgehead atoms. The lowest BCUT2D eigenvalue weighted by molar-refractivity contribution is 0.331.